The second kappa shape index (κ2) is 4.66. The Morgan fingerprint density at radius 1 is 1.31 bits per heavy atom. The zero-order valence-electron chi connectivity index (χ0n) is 8.80. The van der Waals surface area contributed by atoms with Crippen molar-refractivity contribution in [1.29, 1.82) is 0 Å². The molecule has 0 bridgehead atoms. The van der Waals surface area contributed by atoms with E-state index in [1.807, 2.05) is 41.4 Å². The third kappa shape index (κ3) is 2.51. The van der Waals surface area contributed by atoms with Crippen molar-refractivity contribution in [2.45, 2.75) is 6.54 Å². The van der Waals surface area contributed by atoms with Crippen molar-refractivity contribution in [1.82, 2.24) is 4.90 Å². The average Bonchev–Trinajstić information content (AvgIpc) is 2.30. The first kappa shape index (κ1) is 10.5. The molecule has 0 saturated heterocycles. The quantitative estimate of drug-likeness (QED) is 0.743. The SMILES string of the molecule is O=C([O-])C1=CC=CN(Cc2ccccc2)C1. The van der Waals surface area contributed by atoms with Crippen LogP contribution in [0.15, 0.2) is 54.3 Å². The van der Waals surface area contributed by atoms with Crippen LogP contribution in [0.25, 0.3) is 0 Å². The summed E-state index contributed by atoms with van der Waals surface area (Å²) in [6.07, 6.45) is 5.20. The maximum atomic E-state index is 10.7. The minimum atomic E-state index is -1.09. The van der Waals surface area contributed by atoms with E-state index in [1.165, 1.54) is 0 Å². The smallest absolute Gasteiger partial charge is 0.0692 e. The molecule has 0 unspecified atom stereocenters. The van der Waals surface area contributed by atoms with E-state index in [0.29, 0.717) is 18.7 Å². The molecular formula is C13H12NO2-. The number of hydrogen-bond donors (Lipinski definition) is 0. The van der Waals surface area contributed by atoms with Gasteiger partial charge in [-0.3, -0.25) is 0 Å². The lowest BCUT2D eigenvalue weighted by Crippen LogP contribution is -2.32. The summed E-state index contributed by atoms with van der Waals surface area (Å²) in [5.74, 6) is -1.09. The van der Waals surface area contributed by atoms with Gasteiger partial charge in [-0.25, -0.2) is 0 Å². The maximum Gasteiger partial charge on any atom is 0.0692 e. The normalized spacial score (nSPS) is 14.8. The van der Waals surface area contributed by atoms with Crippen molar-refractivity contribution in [3.63, 3.8) is 0 Å². The molecule has 0 aromatic heterocycles. The molecule has 16 heavy (non-hydrogen) atoms. The lowest BCUT2D eigenvalue weighted by Gasteiger charge is -2.25. The summed E-state index contributed by atoms with van der Waals surface area (Å²) >= 11 is 0. The maximum absolute atomic E-state index is 10.7. The Balaban J connectivity index is 2.02. The van der Waals surface area contributed by atoms with Gasteiger partial charge in [0.2, 0.25) is 0 Å². The van der Waals surface area contributed by atoms with E-state index in [1.54, 1.807) is 12.2 Å². The molecule has 0 radical (unpaired) electrons. The summed E-state index contributed by atoms with van der Waals surface area (Å²) in [5, 5.41) is 10.7. The van der Waals surface area contributed by atoms with Gasteiger partial charge in [0, 0.05) is 13.1 Å². The number of carboxylic acids is 1. The van der Waals surface area contributed by atoms with Gasteiger partial charge in [0.25, 0.3) is 0 Å². The lowest BCUT2D eigenvalue weighted by molar-refractivity contribution is -0.299. The molecule has 3 nitrogen and oxygen atoms in total. The van der Waals surface area contributed by atoms with E-state index < -0.39 is 5.97 Å². The molecule has 82 valence electrons. The number of carbonyl (C=O) groups is 1. The van der Waals surface area contributed by atoms with Crippen LogP contribution in [0.3, 0.4) is 0 Å². The molecule has 1 aliphatic rings. The van der Waals surface area contributed by atoms with Crippen LogP contribution >= 0.6 is 0 Å². The summed E-state index contributed by atoms with van der Waals surface area (Å²) in [7, 11) is 0. The zero-order valence-corrected chi connectivity index (χ0v) is 8.80. The molecule has 0 amide bonds. The van der Waals surface area contributed by atoms with E-state index >= 15 is 0 Å². The van der Waals surface area contributed by atoms with Gasteiger partial charge in [-0.05, 0) is 23.4 Å². The average molecular weight is 214 g/mol. The van der Waals surface area contributed by atoms with Crippen molar-refractivity contribution in [2.24, 2.45) is 0 Å². The van der Waals surface area contributed by atoms with Gasteiger partial charge in [-0.2, -0.15) is 0 Å². The molecule has 1 aliphatic heterocycles. The summed E-state index contributed by atoms with van der Waals surface area (Å²) in [5.41, 5.74) is 1.48. The third-order valence-corrected chi connectivity index (χ3v) is 2.46. The van der Waals surface area contributed by atoms with Gasteiger partial charge in [0.05, 0.1) is 5.97 Å². The molecule has 2 rings (SSSR count). The predicted octanol–water partition coefficient (Wildman–Crippen LogP) is 0.692. The van der Waals surface area contributed by atoms with Crippen molar-refractivity contribution in [3.8, 4) is 0 Å². The van der Waals surface area contributed by atoms with E-state index in [0.717, 1.165) is 5.56 Å². The molecule has 0 saturated carbocycles. The molecule has 0 N–H and O–H groups in total. The highest BCUT2D eigenvalue weighted by Crippen LogP contribution is 2.11. The van der Waals surface area contributed by atoms with Gasteiger partial charge in [-0.15, -0.1) is 0 Å². The highest BCUT2D eigenvalue weighted by Gasteiger charge is 2.08. The van der Waals surface area contributed by atoms with Crippen LogP contribution in [0.2, 0.25) is 0 Å². The van der Waals surface area contributed by atoms with Gasteiger partial charge in [-0.1, -0.05) is 36.4 Å². The van der Waals surface area contributed by atoms with E-state index in [-0.39, 0.29) is 0 Å². The van der Waals surface area contributed by atoms with Crippen molar-refractivity contribution >= 4 is 5.97 Å². The second-order valence-corrected chi connectivity index (χ2v) is 3.71. The Hall–Kier alpha value is -2.03. The van der Waals surface area contributed by atoms with Crippen LogP contribution in [-0.4, -0.2) is 17.4 Å². The summed E-state index contributed by atoms with van der Waals surface area (Å²) in [6.45, 7) is 1.11. The topological polar surface area (TPSA) is 43.4 Å². The van der Waals surface area contributed by atoms with Gasteiger partial charge in [0.1, 0.15) is 0 Å². The van der Waals surface area contributed by atoms with E-state index in [9.17, 15) is 9.90 Å². The number of hydrogen-bond acceptors (Lipinski definition) is 3. The Bertz CT molecular complexity index is 435. The standard InChI is InChI=1S/C13H13NO2/c15-13(16)12-7-4-8-14(10-12)9-11-5-2-1-3-6-11/h1-8H,9-10H2,(H,15,16)/p-1. The Morgan fingerprint density at radius 2 is 2.06 bits per heavy atom. The minimum Gasteiger partial charge on any atom is -0.545 e. The Morgan fingerprint density at radius 3 is 2.75 bits per heavy atom. The molecular weight excluding hydrogens is 202 g/mol. The van der Waals surface area contributed by atoms with Crippen molar-refractivity contribution in [3.05, 3.63) is 59.8 Å². The number of benzene rings is 1. The first-order chi connectivity index (χ1) is 7.75. The van der Waals surface area contributed by atoms with E-state index in [4.69, 9.17) is 0 Å². The van der Waals surface area contributed by atoms with Gasteiger partial charge >= 0.3 is 0 Å². The number of aliphatic carboxylic acids is 1. The fourth-order valence-corrected chi connectivity index (χ4v) is 1.66. The molecule has 1 aromatic rings. The van der Waals surface area contributed by atoms with Crippen LogP contribution in [0.1, 0.15) is 5.56 Å². The molecule has 0 spiro atoms. The number of rotatable bonds is 3. The molecule has 1 heterocycles. The monoisotopic (exact) mass is 214 g/mol. The Kier molecular flexibility index (Phi) is 3.05. The highest BCUT2D eigenvalue weighted by atomic mass is 16.4. The predicted molar refractivity (Wildman–Crippen MR) is 59.1 cm³/mol. The first-order valence-electron chi connectivity index (χ1n) is 5.12. The van der Waals surface area contributed by atoms with Crippen LogP contribution in [0.5, 0.6) is 0 Å². The van der Waals surface area contributed by atoms with E-state index in [2.05, 4.69) is 0 Å². The van der Waals surface area contributed by atoms with Crippen LogP contribution < -0.4 is 5.11 Å². The summed E-state index contributed by atoms with van der Waals surface area (Å²) < 4.78 is 0. The number of nitrogens with zero attached hydrogens (tertiary/aromatic N) is 1. The molecule has 3 heteroatoms. The van der Waals surface area contributed by atoms with Crippen LogP contribution in [0.4, 0.5) is 0 Å². The number of allylic oxidation sites excluding steroid dienone is 2. The van der Waals surface area contributed by atoms with Crippen molar-refractivity contribution < 1.29 is 9.90 Å². The number of carbonyl (C=O) groups excluding carboxylic acids is 1. The largest absolute Gasteiger partial charge is 0.545 e. The first-order valence-corrected chi connectivity index (χ1v) is 5.12. The summed E-state index contributed by atoms with van der Waals surface area (Å²) in [4.78, 5) is 12.7. The summed E-state index contributed by atoms with van der Waals surface area (Å²) in [6, 6.07) is 9.94. The second-order valence-electron chi connectivity index (χ2n) is 3.71. The molecule has 1 aromatic carbocycles. The zero-order chi connectivity index (χ0) is 11.4. The fraction of sp³-hybridized carbons (Fsp3) is 0.154. The minimum absolute atomic E-state index is 0.318. The van der Waals surface area contributed by atoms with Crippen LogP contribution in [-0.2, 0) is 11.3 Å². The third-order valence-electron chi connectivity index (χ3n) is 2.46. The van der Waals surface area contributed by atoms with Gasteiger partial charge < -0.3 is 14.8 Å². The molecule has 0 aliphatic carbocycles. The number of carboxylic acid groups (broad SMARTS) is 1. The molecule has 0 atom stereocenters. The van der Waals surface area contributed by atoms with Gasteiger partial charge in [0.15, 0.2) is 0 Å². The van der Waals surface area contributed by atoms with Crippen LogP contribution in [0, 0.1) is 0 Å². The fourth-order valence-electron chi connectivity index (χ4n) is 1.66. The molecule has 0 fully saturated rings. The lowest BCUT2D eigenvalue weighted by atomic mass is 10.1. The Labute approximate surface area is 94.3 Å². The van der Waals surface area contributed by atoms with Crippen molar-refractivity contribution in [2.75, 3.05) is 6.54 Å². The highest BCUT2D eigenvalue weighted by molar-refractivity contribution is 5.85.